The van der Waals surface area contributed by atoms with Gasteiger partial charge in [-0.15, -0.1) is 0 Å². The van der Waals surface area contributed by atoms with Crippen LogP contribution in [0.4, 0.5) is 0 Å². The van der Waals surface area contributed by atoms with Crippen LogP contribution in [-0.2, 0) is 39.3 Å². The number of ether oxygens (including phenoxy) is 2. The van der Waals surface area contributed by atoms with E-state index in [1.165, 1.54) is 0 Å². The largest absolute Gasteiger partial charge is 0.481 e. The number of thioether (sulfide) groups is 1. The normalized spacial score (nSPS) is 18.0. The van der Waals surface area contributed by atoms with Gasteiger partial charge in [-0.05, 0) is 46.7 Å². The van der Waals surface area contributed by atoms with Crippen molar-refractivity contribution in [2.24, 2.45) is 7.05 Å². The number of hydrogen-bond acceptors (Lipinski definition) is 7. The Hall–Kier alpha value is -3.96. The molecular formula is C35H39N3O6S. The predicted octanol–water partition coefficient (Wildman–Crippen LogP) is 6.18. The molecule has 0 saturated carbocycles. The third-order valence-electron chi connectivity index (χ3n) is 7.77. The van der Waals surface area contributed by atoms with Gasteiger partial charge >= 0.3 is 5.97 Å². The molecule has 9 nitrogen and oxygen atoms in total. The molecule has 10 heteroatoms. The van der Waals surface area contributed by atoms with Crippen molar-refractivity contribution < 1.29 is 29.3 Å². The van der Waals surface area contributed by atoms with Crippen molar-refractivity contribution in [1.82, 2.24) is 14.9 Å². The maximum Gasteiger partial charge on any atom is 0.303 e. The number of carbonyl (C=O) groups is 2. The summed E-state index contributed by atoms with van der Waals surface area (Å²) in [7, 11) is 1.98. The number of nitrogens with zero attached hydrogens (tertiary/aromatic N) is 2. The van der Waals surface area contributed by atoms with Crippen LogP contribution < -0.4 is 5.32 Å². The van der Waals surface area contributed by atoms with E-state index < -0.39 is 12.3 Å². The number of carboxylic acid groups (broad SMARTS) is 1. The first-order chi connectivity index (χ1) is 21.9. The van der Waals surface area contributed by atoms with Crippen molar-refractivity contribution in [2.45, 2.75) is 68.9 Å². The van der Waals surface area contributed by atoms with E-state index in [4.69, 9.17) is 14.6 Å². The average molecular weight is 630 g/mol. The van der Waals surface area contributed by atoms with Gasteiger partial charge in [0.25, 0.3) is 0 Å². The van der Waals surface area contributed by atoms with E-state index in [2.05, 4.69) is 28.5 Å². The Balaban J connectivity index is 1.24. The molecule has 0 unspecified atom stereocenters. The zero-order valence-electron chi connectivity index (χ0n) is 25.3. The summed E-state index contributed by atoms with van der Waals surface area (Å²) in [5.41, 5.74) is 5.89. The van der Waals surface area contributed by atoms with E-state index in [0.717, 1.165) is 44.3 Å². The number of aromatic nitrogens is 2. The minimum Gasteiger partial charge on any atom is -0.481 e. The van der Waals surface area contributed by atoms with Gasteiger partial charge in [-0.1, -0.05) is 78.5 Å². The summed E-state index contributed by atoms with van der Waals surface area (Å²) < 4.78 is 15.0. The molecular weight excluding hydrogens is 590 g/mol. The lowest BCUT2D eigenvalue weighted by molar-refractivity contribution is -0.245. The molecule has 1 amide bonds. The van der Waals surface area contributed by atoms with Gasteiger partial charge in [-0.25, -0.2) is 4.98 Å². The van der Waals surface area contributed by atoms with E-state index in [-0.39, 0.29) is 31.1 Å². The van der Waals surface area contributed by atoms with E-state index in [1.54, 1.807) is 18.0 Å². The first-order valence-electron chi connectivity index (χ1n) is 15.2. The second-order valence-corrected chi connectivity index (χ2v) is 12.2. The maximum absolute atomic E-state index is 12.2. The van der Waals surface area contributed by atoms with Crippen molar-refractivity contribution in [3.05, 3.63) is 107 Å². The van der Waals surface area contributed by atoms with Crippen LogP contribution in [0.1, 0.15) is 66.8 Å². The number of imidazole rings is 1. The summed E-state index contributed by atoms with van der Waals surface area (Å²) in [5.74, 6) is -0.185. The summed E-state index contributed by atoms with van der Waals surface area (Å²) in [4.78, 5) is 27.3. The molecule has 0 spiro atoms. The zero-order valence-corrected chi connectivity index (χ0v) is 26.1. The maximum atomic E-state index is 12.2. The molecule has 1 aliphatic rings. The number of aliphatic carboxylic acids is 1. The second-order valence-electron chi connectivity index (χ2n) is 11.2. The highest BCUT2D eigenvalue weighted by molar-refractivity contribution is 7.99. The van der Waals surface area contributed by atoms with E-state index in [0.29, 0.717) is 32.2 Å². The minimum atomic E-state index is -0.840. The highest BCUT2D eigenvalue weighted by Gasteiger charge is 2.32. The molecule has 1 aromatic heterocycles. The topological polar surface area (TPSA) is 123 Å². The van der Waals surface area contributed by atoms with E-state index in [1.807, 2.05) is 72.4 Å². The minimum absolute atomic E-state index is 0.000540. The van der Waals surface area contributed by atoms with Crippen molar-refractivity contribution in [2.75, 3.05) is 5.75 Å². The van der Waals surface area contributed by atoms with Gasteiger partial charge in [0.1, 0.15) is 0 Å². The van der Waals surface area contributed by atoms with Crippen LogP contribution in [0.2, 0.25) is 0 Å². The van der Waals surface area contributed by atoms with Gasteiger partial charge in [0.2, 0.25) is 5.91 Å². The molecule has 1 aliphatic heterocycles. The summed E-state index contributed by atoms with van der Waals surface area (Å²) in [6, 6.07) is 24.1. The van der Waals surface area contributed by atoms with Crippen LogP contribution in [0.15, 0.2) is 90.3 Å². The molecule has 3 N–H and O–H groups in total. The number of aliphatic hydroxyl groups excluding tert-OH is 1. The molecule has 1 saturated heterocycles. The van der Waals surface area contributed by atoms with Gasteiger partial charge in [0, 0.05) is 56.6 Å². The molecule has 0 bridgehead atoms. The number of nitrogens with one attached hydrogen (secondary N) is 1. The Labute approximate surface area is 267 Å². The molecule has 5 rings (SSSR count). The molecule has 236 valence electrons. The van der Waals surface area contributed by atoms with E-state index >= 15 is 0 Å². The Bertz CT molecular complexity index is 1560. The molecule has 0 aliphatic carbocycles. The number of carbonyl (C=O) groups excluding carboxylic acids is 1. The quantitative estimate of drug-likeness (QED) is 0.112. The standard InChI is InChI=1S/C35H39N3O6S/c1-38-18-17-36-35(38)45-23-30-20-31(27-11-9-24(22-39)10-12-27)44-34(43-30)28-15-13-26(14-16-28)29-6-4-5-25(19-29)21-37-32(40)7-2-3-8-33(41)42/h4-6,9-19,30-31,34,39H,2-3,7-8,20-23H2,1H3,(H,37,40)(H,41,42)/t30-,31+,34+/m0/s1. The van der Waals surface area contributed by atoms with Crippen molar-refractivity contribution in [3.8, 4) is 11.1 Å². The third-order valence-corrected chi connectivity index (χ3v) is 8.96. The molecule has 3 aromatic carbocycles. The number of aryl methyl sites for hydroxylation is 1. The van der Waals surface area contributed by atoms with Gasteiger partial charge in [0.05, 0.1) is 18.8 Å². The van der Waals surface area contributed by atoms with Crippen LogP contribution in [0, 0.1) is 0 Å². The highest BCUT2D eigenvalue weighted by Crippen LogP contribution is 2.39. The van der Waals surface area contributed by atoms with Gasteiger partial charge in [0.15, 0.2) is 11.4 Å². The lowest BCUT2D eigenvalue weighted by Gasteiger charge is -2.36. The number of hydrogen-bond donors (Lipinski definition) is 3. The van der Waals surface area contributed by atoms with Gasteiger partial charge in [-0.2, -0.15) is 0 Å². The smallest absolute Gasteiger partial charge is 0.303 e. The molecule has 2 heterocycles. The molecule has 3 atom stereocenters. The van der Waals surface area contributed by atoms with Crippen molar-refractivity contribution >= 4 is 23.6 Å². The lowest BCUT2D eigenvalue weighted by atomic mass is 9.99. The molecule has 0 radical (unpaired) electrons. The number of benzene rings is 3. The number of rotatable bonds is 14. The van der Waals surface area contributed by atoms with Crippen molar-refractivity contribution in [1.29, 1.82) is 0 Å². The summed E-state index contributed by atoms with van der Waals surface area (Å²) in [5, 5.41) is 22.1. The lowest BCUT2D eigenvalue weighted by Crippen LogP contribution is -2.31. The molecule has 1 fully saturated rings. The monoisotopic (exact) mass is 629 g/mol. The first-order valence-corrected chi connectivity index (χ1v) is 16.1. The van der Waals surface area contributed by atoms with Crippen LogP contribution in [0.5, 0.6) is 0 Å². The average Bonchev–Trinajstić information content (AvgIpc) is 3.49. The molecule has 4 aromatic rings. The van der Waals surface area contributed by atoms with E-state index in [9.17, 15) is 14.7 Å². The Morgan fingerprint density at radius 2 is 1.71 bits per heavy atom. The SMILES string of the molecule is Cn1ccnc1SC[C@@H]1C[C@H](c2ccc(CO)cc2)O[C@H](c2ccc(-c3cccc(CNC(=O)CCCCC(=O)O)c3)cc2)O1. The van der Waals surface area contributed by atoms with Crippen molar-refractivity contribution in [3.63, 3.8) is 0 Å². The Kier molecular flexibility index (Phi) is 11.4. The zero-order chi connectivity index (χ0) is 31.6. The van der Waals surface area contributed by atoms with Gasteiger partial charge < -0.3 is 29.6 Å². The van der Waals surface area contributed by atoms with Crippen LogP contribution in [0.3, 0.4) is 0 Å². The van der Waals surface area contributed by atoms with Gasteiger partial charge in [-0.3, -0.25) is 9.59 Å². The summed E-state index contributed by atoms with van der Waals surface area (Å²) in [6.07, 6.45) is 5.12. The number of unbranched alkanes of at least 4 members (excludes halogenated alkanes) is 1. The van der Waals surface area contributed by atoms with Crippen LogP contribution in [0.25, 0.3) is 11.1 Å². The Morgan fingerprint density at radius 3 is 2.42 bits per heavy atom. The first kappa shape index (κ1) is 32.4. The number of aliphatic hydroxyl groups is 1. The Morgan fingerprint density at radius 1 is 0.956 bits per heavy atom. The fourth-order valence-corrected chi connectivity index (χ4v) is 6.18. The highest BCUT2D eigenvalue weighted by atomic mass is 32.2. The fraction of sp³-hybridized carbons (Fsp3) is 0.343. The van der Waals surface area contributed by atoms with Crippen LogP contribution in [-0.4, -0.2) is 43.5 Å². The summed E-state index contributed by atoms with van der Waals surface area (Å²) in [6.45, 7) is 0.409. The van der Waals surface area contributed by atoms with Crippen LogP contribution >= 0.6 is 11.8 Å². The third kappa shape index (κ3) is 9.27. The predicted molar refractivity (Wildman–Crippen MR) is 172 cm³/mol. The number of carboxylic acids is 1. The summed E-state index contributed by atoms with van der Waals surface area (Å²) >= 11 is 1.66. The second kappa shape index (κ2) is 15.9. The molecule has 45 heavy (non-hydrogen) atoms. The number of amides is 1. The fourth-order valence-electron chi connectivity index (χ4n) is 5.23.